The van der Waals surface area contributed by atoms with Gasteiger partial charge in [0, 0.05) is 29.5 Å². The Bertz CT molecular complexity index is 1370. The molecule has 1 heterocycles. The van der Waals surface area contributed by atoms with Crippen LogP contribution in [-0.4, -0.2) is 42.2 Å². The predicted octanol–water partition coefficient (Wildman–Crippen LogP) is 3.84. The zero-order valence-electron chi connectivity index (χ0n) is 19.5. The van der Waals surface area contributed by atoms with Crippen LogP contribution in [0.5, 0.6) is 11.5 Å². The molecule has 2 atom stereocenters. The third-order valence-electron chi connectivity index (χ3n) is 7.47. The van der Waals surface area contributed by atoms with Gasteiger partial charge in [0.25, 0.3) is 11.8 Å². The second kappa shape index (κ2) is 8.01. The summed E-state index contributed by atoms with van der Waals surface area (Å²) in [5, 5.41) is 16.6. The van der Waals surface area contributed by atoms with E-state index in [-0.39, 0.29) is 46.4 Å². The molecule has 0 N–H and O–H groups in total. The first-order chi connectivity index (χ1) is 17.5. The van der Waals surface area contributed by atoms with Crippen molar-refractivity contribution in [3.05, 3.63) is 98.6 Å². The quantitative estimate of drug-likeness (QED) is 0.236. The lowest BCUT2D eigenvalue weighted by atomic mass is 9.55. The van der Waals surface area contributed by atoms with E-state index in [1.165, 1.54) is 32.6 Å². The highest BCUT2D eigenvalue weighted by atomic mass is 16.6. The zero-order chi connectivity index (χ0) is 25.1. The number of amides is 2. The lowest BCUT2D eigenvalue weighted by Gasteiger charge is -2.45. The topological polar surface area (TPSA) is 111 Å². The molecule has 36 heavy (non-hydrogen) atoms. The summed E-state index contributed by atoms with van der Waals surface area (Å²) in [5.41, 5.74) is 4.25. The molecule has 0 aromatic heterocycles. The maximum absolute atomic E-state index is 13.6. The van der Waals surface area contributed by atoms with Crippen molar-refractivity contribution < 1.29 is 24.0 Å². The number of imide groups is 1. The first kappa shape index (κ1) is 22.0. The van der Waals surface area contributed by atoms with E-state index in [2.05, 4.69) is 5.10 Å². The van der Waals surface area contributed by atoms with Crippen LogP contribution >= 0.6 is 0 Å². The Morgan fingerprint density at radius 1 is 0.833 bits per heavy atom. The van der Waals surface area contributed by atoms with Crippen molar-refractivity contribution >= 4 is 23.7 Å². The molecule has 0 radical (unpaired) electrons. The third kappa shape index (κ3) is 2.92. The van der Waals surface area contributed by atoms with Gasteiger partial charge in [0.15, 0.2) is 0 Å². The maximum atomic E-state index is 13.6. The normalized spacial score (nSPS) is 23.4. The number of benzene rings is 3. The summed E-state index contributed by atoms with van der Waals surface area (Å²) in [5.74, 6) is -2.04. The predicted molar refractivity (Wildman–Crippen MR) is 129 cm³/mol. The molecule has 180 valence electrons. The molecule has 1 saturated heterocycles. The van der Waals surface area contributed by atoms with Crippen LogP contribution in [0.15, 0.2) is 65.8 Å². The highest BCUT2D eigenvalue weighted by Crippen LogP contribution is 2.61. The molecule has 0 spiro atoms. The molecule has 9 nitrogen and oxygen atoms in total. The van der Waals surface area contributed by atoms with Gasteiger partial charge in [-0.3, -0.25) is 19.7 Å². The minimum Gasteiger partial charge on any atom is -0.496 e. The van der Waals surface area contributed by atoms with Gasteiger partial charge in [-0.1, -0.05) is 48.5 Å². The largest absolute Gasteiger partial charge is 0.496 e. The van der Waals surface area contributed by atoms with E-state index < -0.39 is 16.8 Å². The number of carbonyl (C=O) groups is 2. The molecule has 7 rings (SSSR count). The van der Waals surface area contributed by atoms with Crippen molar-refractivity contribution in [1.82, 2.24) is 5.01 Å². The number of hydrogen-bond donors (Lipinski definition) is 0. The van der Waals surface area contributed by atoms with Crippen molar-refractivity contribution in [2.45, 2.75) is 11.8 Å². The minimum atomic E-state index is -0.581. The molecule has 1 aliphatic heterocycles. The van der Waals surface area contributed by atoms with Gasteiger partial charge >= 0.3 is 5.69 Å². The fourth-order valence-electron chi connectivity index (χ4n) is 6.05. The zero-order valence-corrected chi connectivity index (χ0v) is 19.5. The SMILES string of the molecule is COc1cc(OC)c([N+](=O)[O-])cc1/C=N\N1C(=O)[C@H]2C3c4ccccc4C(c4ccccc43)[C@@H]2C1=O. The number of ether oxygens (including phenoxy) is 2. The molecule has 3 aromatic rings. The number of rotatable bonds is 5. The first-order valence-electron chi connectivity index (χ1n) is 11.5. The molecule has 2 bridgehead atoms. The third-order valence-corrected chi connectivity index (χ3v) is 7.47. The number of carbonyl (C=O) groups excluding carboxylic acids is 2. The van der Waals surface area contributed by atoms with Crippen molar-refractivity contribution in [2.24, 2.45) is 16.9 Å². The number of nitrogens with zero attached hydrogens (tertiary/aromatic N) is 3. The Hall–Kier alpha value is -4.53. The van der Waals surface area contributed by atoms with Gasteiger partial charge in [0.1, 0.15) is 5.75 Å². The standard InChI is InChI=1S/C27H21N3O6/c1-35-20-12-21(36-2)19(30(33)34)11-14(20)13-28-29-26(31)24-22-15-7-3-4-8-16(15)23(25(24)27(29)32)18-10-6-5-9-17(18)22/h3-13,22-25H,1-2H3/b28-13-/t22?,23?,24-,25-/m0/s1. The highest BCUT2D eigenvalue weighted by Gasteiger charge is 2.61. The van der Waals surface area contributed by atoms with Crippen LogP contribution in [-0.2, 0) is 9.59 Å². The average Bonchev–Trinajstić information content (AvgIpc) is 3.16. The number of methoxy groups -OCH3 is 2. The van der Waals surface area contributed by atoms with Crippen LogP contribution in [0.2, 0.25) is 0 Å². The molecular weight excluding hydrogens is 462 g/mol. The fraction of sp³-hybridized carbons (Fsp3) is 0.222. The Labute approximate surface area is 206 Å². The summed E-state index contributed by atoms with van der Waals surface area (Å²) in [6.07, 6.45) is 1.25. The van der Waals surface area contributed by atoms with Crippen molar-refractivity contribution in [1.29, 1.82) is 0 Å². The van der Waals surface area contributed by atoms with Crippen molar-refractivity contribution in [3.8, 4) is 11.5 Å². The van der Waals surface area contributed by atoms with Crippen LogP contribution in [0, 0.1) is 22.0 Å². The smallest absolute Gasteiger partial charge is 0.311 e. The molecule has 0 unspecified atom stereocenters. The number of nitro groups is 1. The Morgan fingerprint density at radius 3 is 1.72 bits per heavy atom. The van der Waals surface area contributed by atoms with Crippen LogP contribution in [0.4, 0.5) is 5.69 Å². The average molecular weight is 483 g/mol. The summed E-state index contributed by atoms with van der Waals surface area (Å²) < 4.78 is 10.4. The molecule has 2 amide bonds. The Kier molecular flexibility index (Phi) is 4.89. The van der Waals surface area contributed by atoms with E-state index in [1.54, 1.807) is 0 Å². The Morgan fingerprint density at radius 2 is 1.31 bits per heavy atom. The van der Waals surface area contributed by atoms with Crippen LogP contribution in [0.1, 0.15) is 39.7 Å². The number of nitro benzene ring substituents is 1. The molecule has 4 aliphatic rings. The van der Waals surface area contributed by atoms with Gasteiger partial charge in [-0.15, -0.1) is 0 Å². The second-order valence-electron chi connectivity index (χ2n) is 9.02. The van der Waals surface area contributed by atoms with Crippen LogP contribution < -0.4 is 9.47 Å². The van der Waals surface area contributed by atoms with E-state index in [0.29, 0.717) is 0 Å². The molecule has 3 aliphatic carbocycles. The van der Waals surface area contributed by atoms with Gasteiger partial charge in [0.2, 0.25) is 5.75 Å². The summed E-state index contributed by atoms with van der Waals surface area (Å²) >= 11 is 0. The fourth-order valence-corrected chi connectivity index (χ4v) is 6.05. The lowest BCUT2D eigenvalue weighted by Crippen LogP contribution is -2.41. The van der Waals surface area contributed by atoms with E-state index >= 15 is 0 Å². The number of hydrogen-bond acceptors (Lipinski definition) is 7. The van der Waals surface area contributed by atoms with Crippen LogP contribution in [0.3, 0.4) is 0 Å². The number of hydrazone groups is 1. The Balaban J connectivity index is 1.42. The monoisotopic (exact) mass is 483 g/mol. The van der Waals surface area contributed by atoms with E-state index in [1.807, 2.05) is 48.5 Å². The minimum absolute atomic E-state index is 0.0282. The van der Waals surface area contributed by atoms with Crippen LogP contribution in [0.25, 0.3) is 0 Å². The molecular formula is C27H21N3O6. The second-order valence-corrected chi connectivity index (χ2v) is 9.02. The summed E-state index contributed by atoms with van der Waals surface area (Å²) in [7, 11) is 2.73. The highest BCUT2D eigenvalue weighted by molar-refractivity contribution is 6.08. The van der Waals surface area contributed by atoms with E-state index in [9.17, 15) is 19.7 Å². The van der Waals surface area contributed by atoms with E-state index in [0.717, 1.165) is 27.3 Å². The van der Waals surface area contributed by atoms with Gasteiger partial charge in [0.05, 0.1) is 37.2 Å². The van der Waals surface area contributed by atoms with Crippen molar-refractivity contribution in [3.63, 3.8) is 0 Å². The summed E-state index contributed by atoms with van der Waals surface area (Å²) in [4.78, 5) is 38.2. The van der Waals surface area contributed by atoms with Gasteiger partial charge in [-0.25, -0.2) is 0 Å². The van der Waals surface area contributed by atoms with E-state index in [4.69, 9.17) is 9.47 Å². The molecule has 3 aromatic carbocycles. The van der Waals surface area contributed by atoms with Gasteiger partial charge in [-0.05, 0) is 22.3 Å². The molecule has 0 saturated carbocycles. The van der Waals surface area contributed by atoms with Gasteiger partial charge in [-0.2, -0.15) is 10.1 Å². The molecule has 1 fully saturated rings. The maximum Gasteiger partial charge on any atom is 0.311 e. The van der Waals surface area contributed by atoms with Crippen molar-refractivity contribution in [2.75, 3.05) is 14.2 Å². The molecule has 9 heteroatoms. The summed E-state index contributed by atoms with van der Waals surface area (Å²) in [6, 6.07) is 18.6. The summed E-state index contributed by atoms with van der Waals surface area (Å²) in [6.45, 7) is 0. The first-order valence-corrected chi connectivity index (χ1v) is 11.5. The van der Waals surface area contributed by atoms with Gasteiger partial charge < -0.3 is 9.47 Å². The lowest BCUT2D eigenvalue weighted by molar-refractivity contribution is -0.385.